The molecule has 0 saturated carbocycles. The summed E-state index contributed by atoms with van der Waals surface area (Å²) in [7, 11) is 0. The number of fused-ring (bicyclic) bond motifs is 1. The van der Waals surface area contributed by atoms with Crippen molar-refractivity contribution in [2.45, 2.75) is 32.6 Å². The molecule has 0 saturated heterocycles. The quantitative estimate of drug-likeness (QED) is 0.845. The predicted molar refractivity (Wildman–Crippen MR) is 91.5 cm³/mol. The van der Waals surface area contributed by atoms with Crippen LogP contribution in [0.2, 0.25) is 0 Å². The minimum Gasteiger partial charge on any atom is -0.397 e. The van der Waals surface area contributed by atoms with Gasteiger partial charge in [-0.05, 0) is 41.9 Å². The van der Waals surface area contributed by atoms with Gasteiger partial charge in [0.05, 0.1) is 16.8 Å². The van der Waals surface area contributed by atoms with E-state index in [0.717, 1.165) is 47.9 Å². The first-order valence-corrected chi connectivity index (χ1v) is 8.04. The summed E-state index contributed by atoms with van der Waals surface area (Å²) in [5.41, 5.74) is 11.6. The van der Waals surface area contributed by atoms with Gasteiger partial charge in [0.15, 0.2) is 0 Å². The molecule has 0 bridgehead atoms. The lowest BCUT2D eigenvalue weighted by Gasteiger charge is -2.28. The zero-order valence-corrected chi connectivity index (χ0v) is 13.3. The standard InChI is InChI=1S/C20H19N3/c1-2-13-8-9-15-16(10-13)19(14-6-4-3-5-7-14)18(12-22)20(23)17(15)11-21/h3-7,13H,2,8-10,23H2,1H3/t13-/m0/s1. The molecule has 1 aliphatic carbocycles. The minimum atomic E-state index is 0.336. The second-order valence-electron chi connectivity index (χ2n) is 6.10. The lowest BCUT2D eigenvalue weighted by atomic mass is 9.75. The maximum absolute atomic E-state index is 9.67. The lowest BCUT2D eigenvalue weighted by molar-refractivity contribution is 0.445. The van der Waals surface area contributed by atoms with Crippen molar-refractivity contribution in [1.82, 2.24) is 0 Å². The molecule has 2 aromatic rings. The van der Waals surface area contributed by atoms with Gasteiger partial charge in [-0.2, -0.15) is 10.5 Å². The third-order valence-electron chi connectivity index (χ3n) is 4.92. The van der Waals surface area contributed by atoms with Gasteiger partial charge in [-0.25, -0.2) is 0 Å². The van der Waals surface area contributed by atoms with Crippen LogP contribution in [0.15, 0.2) is 30.3 Å². The van der Waals surface area contributed by atoms with E-state index in [0.29, 0.717) is 22.7 Å². The number of anilines is 1. The molecule has 0 aliphatic heterocycles. The summed E-state index contributed by atoms with van der Waals surface area (Å²) < 4.78 is 0. The van der Waals surface area contributed by atoms with E-state index in [2.05, 4.69) is 19.1 Å². The van der Waals surface area contributed by atoms with Gasteiger partial charge < -0.3 is 5.73 Å². The molecule has 0 heterocycles. The van der Waals surface area contributed by atoms with Gasteiger partial charge in [0.25, 0.3) is 0 Å². The van der Waals surface area contributed by atoms with Gasteiger partial charge >= 0.3 is 0 Å². The maximum Gasteiger partial charge on any atom is 0.102 e. The normalized spacial score (nSPS) is 16.2. The van der Waals surface area contributed by atoms with Crippen molar-refractivity contribution in [3.8, 4) is 23.3 Å². The molecule has 3 heteroatoms. The molecule has 0 aromatic heterocycles. The Kier molecular flexibility index (Phi) is 4.04. The molecule has 0 fully saturated rings. The van der Waals surface area contributed by atoms with Gasteiger partial charge in [0.2, 0.25) is 0 Å². The molecule has 114 valence electrons. The topological polar surface area (TPSA) is 73.6 Å². The molecule has 0 spiro atoms. The predicted octanol–water partition coefficient (Wildman–Crippen LogP) is 4.19. The van der Waals surface area contributed by atoms with E-state index in [9.17, 15) is 10.5 Å². The van der Waals surface area contributed by atoms with E-state index in [1.54, 1.807) is 0 Å². The number of nitrogen functional groups attached to an aromatic ring is 1. The fourth-order valence-corrected chi connectivity index (χ4v) is 3.63. The van der Waals surface area contributed by atoms with E-state index >= 15 is 0 Å². The summed E-state index contributed by atoms with van der Waals surface area (Å²) >= 11 is 0. The van der Waals surface area contributed by atoms with E-state index in [-0.39, 0.29) is 0 Å². The second kappa shape index (κ2) is 6.15. The van der Waals surface area contributed by atoms with Crippen molar-refractivity contribution in [2.24, 2.45) is 5.92 Å². The fourth-order valence-electron chi connectivity index (χ4n) is 3.63. The van der Waals surface area contributed by atoms with Gasteiger partial charge in [-0.3, -0.25) is 0 Å². The van der Waals surface area contributed by atoms with Crippen LogP contribution < -0.4 is 5.73 Å². The van der Waals surface area contributed by atoms with Crippen LogP contribution in [0.4, 0.5) is 5.69 Å². The molecule has 0 amide bonds. The minimum absolute atomic E-state index is 0.336. The van der Waals surface area contributed by atoms with Crippen molar-refractivity contribution in [2.75, 3.05) is 5.73 Å². The molecule has 2 N–H and O–H groups in total. The molecule has 3 nitrogen and oxygen atoms in total. The Bertz CT molecular complexity index is 823. The van der Waals surface area contributed by atoms with E-state index in [1.807, 2.05) is 30.3 Å². The third-order valence-corrected chi connectivity index (χ3v) is 4.92. The SMILES string of the molecule is CC[C@H]1CCc2c(C#N)c(N)c(C#N)c(-c3ccccc3)c2C1. The largest absolute Gasteiger partial charge is 0.397 e. The Labute approximate surface area is 137 Å². The Morgan fingerprint density at radius 3 is 2.39 bits per heavy atom. The number of hydrogen-bond acceptors (Lipinski definition) is 3. The Morgan fingerprint density at radius 1 is 1.09 bits per heavy atom. The van der Waals surface area contributed by atoms with E-state index in [1.165, 1.54) is 0 Å². The Balaban J connectivity index is 2.36. The highest BCUT2D eigenvalue weighted by molar-refractivity contribution is 5.85. The van der Waals surface area contributed by atoms with Crippen LogP contribution >= 0.6 is 0 Å². The van der Waals surface area contributed by atoms with Crippen molar-refractivity contribution in [3.05, 3.63) is 52.6 Å². The highest BCUT2D eigenvalue weighted by Gasteiger charge is 2.28. The molecule has 1 atom stereocenters. The summed E-state index contributed by atoms with van der Waals surface area (Å²) in [6.45, 7) is 2.20. The zero-order valence-electron chi connectivity index (χ0n) is 13.3. The van der Waals surface area contributed by atoms with Crippen molar-refractivity contribution in [1.29, 1.82) is 10.5 Å². The third kappa shape index (κ3) is 2.45. The summed E-state index contributed by atoms with van der Waals surface area (Å²) in [4.78, 5) is 0. The van der Waals surface area contributed by atoms with Crippen molar-refractivity contribution < 1.29 is 0 Å². The molecule has 3 rings (SSSR count). The van der Waals surface area contributed by atoms with Crippen LogP contribution in [0.3, 0.4) is 0 Å². The number of nitrogens with two attached hydrogens (primary N) is 1. The first-order valence-electron chi connectivity index (χ1n) is 8.04. The molecule has 0 unspecified atom stereocenters. The van der Waals surface area contributed by atoms with Crippen LogP contribution in [-0.2, 0) is 12.8 Å². The molecule has 0 radical (unpaired) electrons. The average molecular weight is 301 g/mol. The van der Waals surface area contributed by atoms with Gasteiger partial charge in [-0.15, -0.1) is 0 Å². The van der Waals surface area contributed by atoms with Crippen LogP contribution in [-0.4, -0.2) is 0 Å². The van der Waals surface area contributed by atoms with Crippen LogP contribution in [0, 0.1) is 28.6 Å². The first kappa shape index (κ1) is 15.1. The zero-order chi connectivity index (χ0) is 16.4. The number of nitrogens with zero attached hydrogens (tertiary/aromatic N) is 2. The van der Waals surface area contributed by atoms with Gasteiger partial charge in [-0.1, -0.05) is 43.7 Å². The second-order valence-corrected chi connectivity index (χ2v) is 6.10. The van der Waals surface area contributed by atoms with Crippen molar-refractivity contribution in [3.63, 3.8) is 0 Å². The Hall–Kier alpha value is -2.78. The van der Waals surface area contributed by atoms with Crippen LogP contribution in [0.1, 0.15) is 42.0 Å². The summed E-state index contributed by atoms with van der Waals surface area (Å²) in [5, 5.41) is 19.2. The highest BCUT2D eigenvalue weighted by Crippen LogP contribution is 2.41. The monoisotopic (exact) mass is 301 g/mol. The number of nitriles is 2. The first-order chi connectivity index (χ1) is 11.2. The van der Waals surface area contributed by atoms with Crippen LogP contribution in [0.5, 0.6) is 0 Å². The summed E-state index contributed by atoms with van der Waals surface area (Å²) in [5.74, 6) is 0.603. The Morgan fingerprint density at radius 2 is 1.78 bits per heavy atom. The fraction of sp³-hybridized carbons (Fsp3) is 0.300. The molecular weight excluding hydrogens is 282 g/mol. The van der Waals surface area contributed by atoms with Gasteiger partial charge in [0, 0.05) is 5.56 Å². The average Bonchev–Trinajstić information content (AvgIpc) is 2.61. The van der Waals surface area contributed by atoms with E-state index < -0.39 is 0 Å². The smallest absolute Gasteiger partial charge is 0.102 e. The number of hydrogen-bond donors (Lipinski definition) is 1. The molecule has 2 aromatic carbocycles. The molecular formula is C20H19N3. The lowest BCUT2D eigenvalue weighted by Crippen LogP contribution is -2.18. The summed E-state index contributed by atoms with van der Waals surface area (Å²) in [6, 6.07) is 14.4. The highest BCUT2D eigenvalue weighted by atomic mass is 14.6. The van der Waals surface area contributed by atoms with Gasteiger partial charge in [0.1, 0.15) is 12.1 Å². The molecule has 1 aliphatic rings. The molecule has 23 heavy (non-hydrogen) atoms. The van der Waals surface area contributed by atoms with E-state index in [4.69, 9.17) is 5.73 Å². The summed E-state index contributed by atoms with van der Waals surface area (Å²) in [6.07, 6.45) is 3.98. The number of benzene rings is 2. The van der Waals surface area contributed by atoms with Crippen molar-refractivity contribution >= 4 is 5.69 Å². The van der Waals surface area contributed by atoms with Crippen LogP contribution in [0.25, 0.3) is 11.1 Å². The maximum atomic E-state index is 9.67. The number of rotatable bonds is 2.